The monoisotopic (exact) mass is 362 g/mol. The van der Waals surface area contributed by atoms with Crippen LogP contribution in [0.15, 0.2) is 41.8 Å². The van der Waals surface area contributed by atoms with Crippen molar-refractivity contribution in [2.45, 2.75) is 6.42 Å². The van der Waals surface area contributed by atoms with Gasteiger partial charge in [0, 0.05) is 23.2 Å². The lowest BCUT2D eigenvalue weighted by Gasteiger charge is -2.14. The predicted molar refractivity (Wildman–Crippen MR) is 99.3 cm³/mol. The fourth-order valence-corrected chi connectivity index (χ4v) is 3.07. The van der Waals surface area contributed by atoms with Crippen LogP contribution in [0.3, 0.4) is 0 Å². The van der Waals surface area contributed by atoms with E-state index in [2.05, 4.69) is 16.7 Å². The number of amides is 2. The van der Waals surface area contributed by atoms with Crippen LogP contribution in [0.4, 0.5) is 5.69 Å². The number of likely N-dealkylation sites (N-methyl/N-ethyl adjacent to an activating group) is 1. The maximum absolute atomic E-state index is 12.1. The molecular formula is C18H24N3O3S+. The van der Waals surface area contributed by atoms with Gasteiger partial charge >= 0.3 is 0 Å². The average Bonchev–Trinajstić information content (AvgIpc) is 3.08. The fraction of sp³-hybridized carbons (Fsp3) is 0.333. The number of carbonyl (C=O) groups is 2. The molecule has 0 bridgehead atoms. The van der Waals surface area contributed by atoms with E-state index in [1.165, 1.54) is 4.88 Å². The van der Waals surface area contributed by atoms with Crippen molar-refractivity contribution in [3.63, 3.8) is 0 Å². The first-order valence-electron chi connectivity index (χ1n) is 8.11. The Labute approximate surface area is 151 Å². The molecule has 0 aliphatic rings. The van der Waals surface area contributed by atoms with Crippen LogP contribution in [-0.4, -0.2) is 45.6 Å². The summed E-state index contributed by atoms with van der Waals surface area (Å²) >= 11 is 1.68. The average molecular weight is 362 g/mol. The zero-order valence-electron chi connectivity index (χ0n) is 14.5. The van der Waals surface area contributed by atoms with Crippen LogP contribution in [0.25, 0.3) is 0 Å². The van der Waals surface area contributed by atoms with Crippen molar-refractivity contribution in [2.75, 3.05) is 39.1 Å². The number of benzene rings is 1. The Kier molecular flexibility index (Phi) is 7.43. The molecule has 1 aromatic heterocycles. The quantitative estimate of drug-likeness (QED) is 0.611. The summed E-state index contributed by atoms with van der Waals surface area (Å²) in [5, 5.41) is 7.72. The maximum Gasteiger partial charge on any atom is 0.279 e. The van der Waals surface area contributed by atoms with Gasteiger partial charge in [-0.2, -0.15) is 0 Å². The molecule has 6 nitrogen and oxygen atoms in total. The van der Waals surface area contributed by atoms with Crippen molar-refractivity contribution in [2.24, 2.45) is 0 Å². The van der Waals surface area contributed by atoms with Crippen molar-refractivity contribution in [3.05, 3.63) is 46.7 Å². The molecule has 2 amide bonds. The molecular weight excluding hydrogens is 338 g/mol. The van der Waals surface area contributed by atoms with E-state index >= 15 is 0 Å². The summed E-state index contributed by atoms with van der Waals surface area (Å²) in [5.74, 6) is 0.490. The number of quaternary nitrogens is 1. The van der Waals surface area contributed by atoms with E-state index in [1.54, 1.807) is 30.6 Å². The number of rotatable bonds is 9. The summed E-state index contributed by atoms with van der Waals surface area (Å²) in [6.45, 7) is 1.09. The number of methoxy groups -OCH3 is 1. The lowest BCUT2D eigenvalue weighted by Crippen LogP contribution is -3.11. The van der Waals surface area contributed by atoms with Gasteiger partial charge in [-0.3, -0.25) is 9.59 Å². The van der Waals surface area contributed by atoms with Crippen molar-refractivity contribution in [3.8, 4) is 5.75 Å². The summed E-state index contributed by atoms with van der Waals surface area (Å²) in [7, 11) is 3.40. The molecule has 1 heterocycles. The minimum absolute atomic E-state index is 0.0526. The van der Waals surface area contributed by atoms with Gasteiger partial charge in [0.2, 0.25) is 0 Å². The second-order valence-corrected chi connectivity index (χ2v) is 6.80. The van der Waals surface area contributed by atoms with Gasteiger partial charge < -0.3 is 20.3 Å². The van der Waals surface area contributed by atoms with Crippen molar-refractivity contribution < 1.29 is 19.2 Å². The molecule has 3 N–H and O–H groups in total. The summed E-state index contributed by atoms with van der Waals surface area (Å²) in [6, 6.07) is 11.2. The third-order valence-corrected chi connectivity index (χ3v) is 4.49. The molecule has 0 radical (unpaired) electrons. The number of ether oxygens (including phenoxy) is 1. The predicted octanol–water partition coefficient (Wildman–Crippen LogP) is 0.569. The largest absolute Gasteiger partial charge is 0.497 e. The molecule has 0 spiro atoms. The molecule has 0 saturated heterocycles. The van der Waals surface area contributed by atoms with Crippen LogP contribution in [-0.2, 0) is 16.0 Å². The third kappa shape index (κ3) is 6.94. The van der Waals surface area contributed by atoms with E-state index < -0.39 is 0 Å². The first-order chi connectivity index (χ1) is 12.1. The van der Waals surface area contributed by atoms with Crippen molar-refractivity contribution in [1.82, 2.24) is 5.32 Å². The summed E-state index contributed by atoms with van der Waals surface area (Å²) < 4.78 is 5.13. The number of hydrogen-bond acceptors (Lipinski definition) is 4. The highest BCUT2D eigenvalue weighted by atomic mass is 32.1. The SMILES string of the molecule is COc1cccc(NC(=O)C[NH+](C)CC(=O)NCCc2cccs2)c1. The molecule has 1 aromatic carbocycles. The molecule has 25 heavy (non-hydrogen) atoms. The lowest BCUT2D eigenvalue weighted by molar-refractivity contribution is -0.862. The van der Waals surface area contributed by atoms with Crippen LogP contribution >= 0.6 is 11.3 Å². The molecule has 1 unspecified atom stereocenters. The number of thiophene rings is 1. The molecule has 134 valence electrons. The van der Waals surface area contributed by atoms with Gasteiger partial charge in [0.15, 0.2) is 13.1 Å². The Balaban J connectivity index is 1.68. The van der Waals surface area contributed by atoms with E-state index in [4.69, 9.17) is 4.74 Å². The highest BCUT2D eigenvalue weighted by molar-refractivity contribution is 7.09. The number of hydrogen-bond donors (Lipinski definition) is 3. The Bertz CT molecular complexity index is 689. The lowest BCUT2D eigenvalue weighted by atomic mass is 10.3. The Hall–Kier alpha value is -2.38. The summed E-state index contributed by atoms with van der Waals surface area (Å²) in [6.07, 6.45) is 0.832. The minimum Gasteiger partial charge on any atom is -0.497 e. The van der Waals surface area contributed by atoms with E-state index in [0.717, 1.165) is 11.3 Å². The number of anilines is 1. The number of nitrogens with one attached hydrogen (secondary N) is 3. The normalized spacial score (nSPS) is 11.6. The Morgan fingerprint density at radius 3 is 2.68 bits per heavy atom. The summed E-state index contributed by atoms with van der Waals surface area (Å²) in [5.41, 5.74) is 0.678. The van der Waals surface area contributed by atoms with Crippen LogP contribution in [0, 0.1) is 0 Å². The van der Waals surface area contributed by atoms with Crippen molar-refractivity contribution >= 4 is 28.8 Å². The van der Waals surface area contributed by atoms with Gasteiger partial charge in [-0.1, -0.05) is 12.1 Å². The second kappa shape index (κ2) is 9.80. The zero-order valence-corrected chi connectivity index (χ0v) is 15.3. The molecule has 0 aliphatic carbocycles. The molecule has 2 rings (SSSR count). The van der Waals surface area contributed by atoms with Crippen LogP contribution in [0.1, 0.15) is 4.88 Å². The topological polar surface area (TPSA) is 71.9 Å². The maximum atomic E-state index is 12.1. The van der Waals surface area contributed by atoms with Gasteiger partial charge in [0.25, 0.3) is 11.8 Å². The Morgan fingerprint density at radius 1 is 1.16 bits per heavy atom. The van der Waals surface area contributed by atoms with E-state index in [0.29, 0.717) is 18.0 Å². The van der Waals surface area contributed by atoms with Gasteiger partial charge in [-0.15, -0.1) is 11.3 Å². The van der Waals surface area contributed by atoms with Crippen molar-refractivity contribution in [1.29, 1.82) is 0 Å². The first-order valence-corrected chi connectivity index (χ1v) is 8.99. The van der Waals surface area contributed by atoms with Crippen LogP contribution in [0.5, 0.6) is 5.75 Å². The number of carbonyl (C=O) groups excluding carboxylic acids is 2. The molecule has 0 fully saturated rings. The smallest absolute Gasteiger partial charge is 0.279 e. The highest BCUT2D eigenvalue weighted by Crippen LogP contribution is 2.16. The van der Waals surface area contributed by atoms with Crippen LogP contribution < -0.4 is 20.3 Å². The first kappa shape index (κ1) is 19.0. The Morgan fingerprint density at radius 2 is 1.96 bits per heavy atom. The summed E-state index contributed by atoms with van der Waals surface area (Å²) in [4.78, 5) is 26.1. The zero-order chi connectivity index (χ0) is 18.1. The fourth-order valence-electron chi connectivity index (χ4n) is 2.36. The van der Waals surface area contributed by atoms with Gasteiger partial charge in [-0.05, 0) is 30.0 Å². The molecule has 0 aliphatic heterocycles. The van der Waals surface area contributed by atoms with Crippen LogP contribution in [0.2, 0.25) is 0 Å². The molecule has 7 heteroatoms. The van der Waals surface area contributed by atoms with E-state index in [1.807, 2.05) is 30.6 Å². The van der Waals surface area contributed by atoms with Gasteiger partial charge in [0.1, 0.15) is 5.75 Å². The molecule has 1 atom stereocenters. The van der Waals surface area contributed by atoms with E-state index in [9.17, 15) is 9.59 Å². The van der Waals surface area contributed by atoms with Gasteiger partial charge in [0.05, 0.1) is 14.2 Å². The van der Waals surface area contributed by atoms with E-state index in [-0.39, 0.29) is 24.9 Å². The standard InChI is InChI=1S/C18H23N3O3S/c1-21(12-17(22)19-9-8-16-7-4-10-25-16)13-18(23)20-14-5-3-6-15(11-14)24-2/h3-7,10-11H,8-9,12-13H2,1-2H3,(H,19,22)(H,20,23)/p+1. The van der Waals surface area contributed by atoms with Gasteiger partial charge in [-0.25, -0.2) is 0 Å². The highest BCUT2D eigenvalue weighted by Gasteiger charge is 2.14. The third-order valence-electron chi connectivity index (χ3n) is 3.55. The minimum atomic E-state index is -0.142. The second-order valence-electron chi connectivity index (χ2n) is 5.77. The molecule has 2 aromatic rings. The molecule has 0 saturated carbocycles.